The SMILES string of the molecule is [N-]=[N+]=NC(CC(=O)NO)Cc1ccccc1. The summed E-state index contributed by atoms with van der Waals surface area (Å²) in [6.07, 6.45) is 0.438. The summed E-state index contributed by atoms with van der Waals surface area (Å²) in [6, 6.07) is 8.91. The highest BCUT2D eigenvalue weighted by atomic mass is 16.5. The van der Waals surface area contributed by atoms with E-state index in [1.165, 1.54) is 5.48 Å². The summed E-state index contributed by atoms with van der Waals surface area (Å²) in [5, 5.41) is 11.9. The fourth-order valence-corrected chi connectivity index (χ4v) is 1.37. The first-order valence-corrected chi connectivity index (χ1v) is 4.77. The van der Waals surface area contributed by atoms with Crippen molar-refractivity contribution in [2.75, 3.05) is 0 Å². The van der Waals surface area contributed by atoms with E-state index in [-0.39, 0.29) is 6.42 Å². The molecule has 1 aromatic rings. The Balaban J connectivity index is 2.65. The molecule has 0 heterocycles. The smallest absolute Gasteiger partial charge is 0.243 e. The molecule has 0 bridgehead atoms. The molecule has 0 radical (unpaired) electrons. The van der Waals surface area contributed by atoms with E-state index in [1.54, 1.807) is 0 Å². The van der Waals surface area contributed by atoms with Crippen molar-refractivity contribution in [1.29, 1.82) is 0 Å². The number of azide groups is 1. The third kappa shape index (κ3) is 4.00. The van der Waals surface area contributed by atoms with Gasteiger partial charge in [-0.2, -0.15) is 0 Å². The molecule has 0 aliphatic rings. The second kappa shape index (κ2) is 6.44. The van der Waals surface area contributed by atoms with Gasteiger partial charge >= 0.3 is 0 Å². The van der Waals surface area contributed by atoms with Crippen molar-refractivity contribution in [3.05, 3.63) is 46.3 Å². The molecule has 16 heavy (non-hydrogen) atoms. The molecule has 6 heteroatoms. The molecule has 1 rings (SSSR count). The highest BCUT2D eigenvalue weighted by Gasteiger charge is 2.12. The van der Waals surface area contributed by atoms with E-state index in [0.717, 1.165) is 5.56 Å². The average molecular weight is 220 g/mol. The first kappa shape index (κ1) is 12.0. The molecule has 0 aromatic heterocycles. The predicted octanol–water partition coefficient (Wildman–Crippen LogP) is 1.80. The van der Waals surface area contributed by atoms with Crippen LogP contribution >= 0.6 is 0 Å². The third-order valence-corrected chi connectivity index (χ3v) is 2.07. The molecular weight excluding hydrogens is 208 g/mol. The molecule has 0 aliphatic heterocycles. The number of nitrogens with one attached hydrogen (secondary N) is 1. The molecule has 0 fully saturated rings. The van der Waals surface area contributed by atoms with E-state index >= 15 is 0 Å². The molecule has 0 spiro atoms. The van der Waals surface area contributed by atoms with E-state index in [9.17, 15) is 4.79 Å². The monoisotopic (exact) mass is 220 g/mol. The number of carbonyl (C=O) groups excluding carboxylic acids is 1. The minimum absolute atomic E-state index is 0.0323. The standard InChI is InChI=1S/C10H12N4O2/c11-14-12-9(7-10(15)13-16)6-8-4-2-1-3-5-8/h1-5,9,16H,6-7H2,(H,13,15). The van der Waals surface area contributed by atoms with Gasteiger partial charge in [0.25, 0.3) is 0 Å². The Morgan fingerprint density at radius 2 is 2.19 bits per heavy atom. The van der Waals surface area contributed by atoms with Crippen LogP contribution in [0.5, 0.6) is 0 Å². The summed E-state index contributed by atoms with van der Waals surface area (Å²) in [5.74, 6) is -0.562. The number of rotatable bonds is 5. The molecule has 0 saturated heterocycles. The van der Waals surface area contributed by atoms with E-state index in [4.69, 9.17) is 10.7 Å². The normalized spacial score (nSPS) is 11.3. The van der Waals surface area contributed by atoms with E-state index < -0.39 is 11.9 Å². The van der Waals surface area contributed by atoms with Gasteiger partial charge in [0, 0.05) is 11.3 Å². The van der Waals surface area contributed by atoms with Crippen LogP contribution in [0.2, 0.25) is 0 Å². The maximum absolute atomic E-state index is 10.9. The molecule has 6 nitrogen and oxygen atoms in total. The van der Waals surface area contributed by atoms with Crippen LogP contribution in [-0.4, -0.2) is 17.2 Å². The van der Waals surface area contributed by atoms with Crippen LogP contribution in [0.25, 0.3) is 10.4 Å². The Labute approximate surface area is 92.5 Å². The fourth-order valence-electron chi connectivity index (χ4n) is 1.37. The zero-order chi connectivity index (χ0) is 11.8. The topological polar surface area (TPSA) is 98.1 Å². The van der Waals surface area contributed by atoms with Gasteiger partial charge in [0.1, 0.15) is 0 Å². The van der Waals surface area contributed by atoms with Gasteiger partial charge in [0.2, 0.25) is 5.91 Å². The lowest BCUT2D eigenvalue weighted by atomic mass is 10.0. The fraction of sp³-hybridized carbons (Fsp3) is 0.300. The maximum atomic E-state index is 10.9. The molecule has 0 saturated carbocycles. The second-order valence-electron chi connectivity index (χ2n) is 3.29. The number of carbonyl (C=O) groups is 1. The van der Waals surface area contributed by atoms with Crippen LogP contribution in [0.1, 0.15) is 12.0 Å². The van der Waals surface area contributed by atoms with Crippen molar-refractivity contribution in [1.82, 2.24) is 5.48 Å². The van der Waals surface area contributed by atoms with Crippen LogP contribution in [-0.2, 0) is 11.2 Å². The van der Waals surface area contributed by atoms with Gasteiger partial charge in [-0.1, -0.05) is 35.4 Å². The quantitative estimate of drug-likeness (QED) is 0.260. The number of amides is 1. The van der Waals surface area contributed by atoms with Crippen molar-refractivity contribution in [2.24, 2.45) is 5.11 Å². The lowest BCUT2D eigenvalue weighted by Crippen LogP contribution is -2.24. The van der Waals surface area contributed by atoms with Crippen molar-refractivity contribution in [3.63, 3.8) is 0 Å². The molecule has 2 N–H and O–H groups in total. The summed E-state index contributed by atoms with van der Waals surface area (Å²) < 4.78 is 0. The molecule has 84 valence electrons. The van der Waals surface area contributed by atoms with Crippen molar-refractivity contribution < 1.29 is 10.0 Å². The van der Waals surface area contributed by atoms with Crippen molar-refractivity contribution in [3.8, 4) is 0 Å². The van der Waals surface area contributed by atoms with E-state index in [2.05, 4.69) is 10.0 Å². The van der Waals surface area contributed by atoms with Gasteiger partial charge in [0.15, 0.2) is 0 Å². The van der Waals surface area contributed by atoms with Crippen molar-refractivity contribution in [2.45, 2.75) is 18.9 Å². The van der Waals surface area contributed by atoms with Gasteiger partial charge in [-0.3, -0.25) is 10.0 Å². The number of hydrogen-bond acceptors (Lipinski definition) is 3. The van der Waals surface area contributed by atoms with Crippen LogP contribution in [0, 0.1) is 0 Å². The van der Waals surface area contributed by atoms with Gasteiger partial charge in [-0.05, 0) is 17.5 Å². The highest BCUT2D eigenvalue weighted by Crippen LogP contribution is 2.09. The second-order valence-corrected chi connectivity index (χ2v) is 3.29. The van der Waals surface area contributed by atoms with Crippen LogP contribution < -0.4 is 5.48 Å². The van der Waals surface area contributed by atoms with E-state index in [0.29, 0.717) is 6.42 Å². The van der Waals surface area contributed by atoms with Gasteiger partial charge in [0.05, 0.1) is 6.04 Å². The molecule has 1 amide bonds. The zero-order valence-electron chi connectivity index (χ0n) is 8.58. The van der Waals surface area contributed by atoms with Crippen molar-refractivity contribution >= 4 is 5.91 Å². The number of hydrogen-bond donors (Lipinski definition) is 2. The average Bonchev–Trinajstić information content (AvgIpc) is 2.30. The number of benzene rings is 1. The lowest BCUT2D eigenvalue weighted by Gasteiger charge is -2.09. The minimum atomic E-state index is -0.562. The largest absolute Gasteiger partial charge is 0.289 e. The van der Waals surface area contributed by atoms with Crippen LogP contribution in [0.15, 0.2) is 35.4 Å². The Morgan fingerprint density at radius 1 is 1.50 bits per heavy atom. The summed E-state index contributed by atoms with van der Waals surface area (Å²) in [5.41, 5.74) is 10.9. The molecule has 1 unspecified atom stereocenters. The van der Waals surface area contributed by atoms with Gasteiger partial charge in [-0.15, -0.1) is 0 Å². The summed E-state index contributed by atoms with van der Waals surface area (Å²) in [7, 11) is 0. The van der Waals surface area contributed by atoms with E-state index in [1.807, 2.05) is 30.3 Å². The molecular formula is C10H12N4O2. The Hall–Kier alpha value is -2.04. The third-order valence-electron chi connectivity index (χ3n) is 2.07. The first-order valence-electron chi connectivity index (χ1n) is 4.77. The summed E-state index contributed by atoms with van der Waals surface area (Å²) in [4.78, 5) is 13.6. The first-order chi connectivity index (χ1) is 7.76. The number of hydroxylamine groups is 1. The zero-order valence-corrected chi connectivity index (χ0v) is 8.58. The predicted molar refractivity (Wildman–Crippen MR) is 57.6 cm³/mol. The highest BCUT2D eigenvalue weighted by molar-refractivity contribution is 5.75. The molecule has 1 atom stereocenters. The Bertz CT molecular complexity index is 387. The van der Waals surface area contributed by atoms with Crippen LogP contribution in [0.3, 0.4) is 0 Å². The van der Waals surface area contributed by atoms with Crippen LogP contribution in [0.4, 0.5) is 0 Å². The maximum Gasteiger partial charge on any atom is 0.243 e. The summed E-state index contributed by atoms with van der Waals surface area (Å²) in [6.45, 7) is 0. The van der Waals surface area contributed by atoms with Gasteiger partial charge in [-0.25, -0.2) is 5.48 Å². The van der Waals surface area contributed by atoms with Gasteiger partial charge < -0.3 is 0 Å². The Morgan fingerprint density at radius 3 is 2.75 bits per heavy atom. The number of nitrogens with zero attached hydrogens (tertiary/aromatic N) is 3. The minimum Gasteiger partial charge on any atom is -0.289 e. The lowest BCUT2D eigenvalue weighted by molar-refractivity contribution is -0.129. The Kier molecular flexibility index (Phi) is 4.85. The molecule has 0 aliphatic carbocycles. The summed E-state index contributed by atoms with van der Waals surface area (Å²) >= 11 is 0. The molecule has 1 aromatic carbocycles.